The van der Waals surface area contributed by atoms with Gasteiger partial charge in [-0.05, 0) is 55.5 Å². The normalized spacial score (nSPS) is 18.2. The third-order valence-corrected chi connectivity index (χ3v) is 4.56. The van der Waals surface area contributed by atoms with Crippen molar-refractivity contribution < 1.29 is 4.74 Å². The lowest BCUT2D eigenvalue weighted by atomic mass is 9.93. The first-order chi connectivity index (χ1) is 12.3. The molecule has 1 aliphatic rings. The summed E-state index contributed by atoms with van der Waals surface area (Å²) in [5.41, 5.74) is 2.36. The fourth-order valence-electron chi connectivity index (χ4n) is 3.35. The molecule has 2 aromatic heterocycles. The zero-order chi connectivity index (χ0) is 17.3. The van der Waals surface area contributed by atoms with Crippen LogP contribution in [0.25, 0.3) is 0 Å². The third-order valence-electron chi connectivity index (χ3n) is 4.56. The molecule has 0 saturated carbocycles. The van der Waals surface area contributed by atoms with Crippen molar-refractivity contribution >= 4 is 5.82 Å². The molecule has 2 aromatic rings. The number of rotatable bonds is 8. The predicted octanol–water partition coefficient (Wildman–Crippen LogP) is 2.38. The molecule has 1 N–H and O–H groups in total. The van der Waals surface area contributed by atoms with Gasteiger partial charge in [-0.15, -0.1) is 5.10 Å². The minimum absolute atomic E-state index is 0.645. The number of anilines is 1. The average molecular weight is 341 g/mol. The van der Waals surface area contributed by atoms with E-state index in [1.165, 1.54) is 24.9 Å². The van der Waals surface area contributed by atoms with Crippen LogP contribution in [0.2, 0.25) is 0 Å². The molecule has 3 heterocycles. The summed E-state index contributed by atoms with van der Waals surface area (Å²) in [6.45, 7) is 4.68. The molecule has 6 nitrogen and oxygen atoms in total. The summed E-state index contributed by atoms with van der Waals surface area (Å²) in [4.78, 5) is 6.74. The highest BCUT2D eigenvalue weighted by atomic mass is 16.5. The highest BCUT2D eigenvalue weighted by Gasteiger charge is 2.20. The van der Waals surface area contributed by atoms with Crippen molar-refractivity contribution in [1.29, 1.82) is 0 Å². The molecule has 3 rings (SSSR count). The van der Waals surface area contributed by atoms with Gasteiger partial charge in [0.25, 0.3) is 0 Å². The average Bonchev–Trinajstić information content (AvgIpc) is 2.65. The van der Waals surface area contributed by atoms with Crippen LogP contribution in [0.3, 0.4) is 0 Å². The van der Waals surface area contributed by atoms with Gasteiger partial charge in [-0.2, -0.15) is 5.10 Å². The minimum atomic E-state index is 0.645. The molecule has 0 amide bonds. The number of piperidine rings is 1. The van der Waals surface area contributed by atoms with Gasteiger partial charge in [-0.25, -0.2) is 0 Å². The van der Waals surface area contributed by atoms with Crippen molar-refractivity contribution in [2.24, 2.45) is 5.92 Å². The second-order valence-electron chi connectivity index (χ2n) is 6.64. The van der Waals surface area contributed by atoms with Crippen LogP contribution < -0.4 is 5.32 Å². The highest BCUT2D eigenvalue weighted by Crippen LogP contribution is 2.21. The van der Waals surface area contributed by atoms with E-state index in [0.717, 1.165) is 37.6 Å². The van der Waals surface area contributed by atoms with Gasteiger partial charge in [-0.1, -0.05) is 6.07 Å². The van der Waals surface area contributed by atoms with E-state index in [0.29, 0.717) is 12.5 Å². The second kappa shape index (κ2) is 9.44. The number of pyridine rings is 1. The number of methoxy groups -OCH3 is 1. The maximum Gasteiger partial charge on any atom is 0.148 e. The Morgan fingerprint density at radius 3 is 3.00 bits per heavy atom. The van der Waals surface area contributed by atoms with Crippen LogP contribution in [-0.4, -0.2) is 53.4 Å². The molecule has 0 unspecified atom stereocenters. The lowest BCUT2D eigenvalue weighted by molar-refractivity contribution is 0.166. The van der Waals surface area contributed by atoms with Gasteiger partial charge in [0.15, 0.2) is 0 Å². The maximum absolute atomic E-state index is 5.02. The summed E-state index contributed by atoms with van der Waals surface area (Å²) in [6.07, 6.45) is 7.29. The number of nitrogens with zero attached hydrogens (tertiary/aromatic N) is 4. The van der Waals surface area contributed by atoms with E-state index in [2.05, 4.69) is 37.5 Å². The fraction of sp³-hybridized carbons (Fsp3) is 0.526. The Hall–Kier alpha value is -2.05. The van der Waals surface area contributed by atoms with Crippen LogP contribution in [0.4, 0.5) is 5.82 Å². The zero-order valence-corrected chi connectivity index (χ0v) is 14.9. The standard InChI is InChI=1S/C19H27N5O/c1-25-11-9-21-19-7-6-18(22-23-19)12-16-5-3-10-24(14-16)15-17-4-2-8-20-13-17/h2,4,6-8,13,16H,3,5,9-12,14-15H2,1H3,(H,21,23)/t16-/m1/s1. The number of ether oxygens (including phenoxy) is 1. The van der Waals surface area contributed by atoms with Crippen molar-refractivity contribution in [3.63, 3.8) is 0 Å². The lowest BCUT2D eigenvalue weighted by Gasteiger charge is -2.32. The Bertz CT molecular complexity index is 619. The summed E-state index contributed by atoms with van der Waals surface area (Å²) < 4.78 is 5.02. The van der Waals surface area contributed by atoms with Gasteiger partial charge >= 0.3 is 0 Å². The molecular formula is C19H27N5O. The Balaban J connectivity index is 1.48. The number of aromatic nitrogens is 3. The zero-order valence-electron chi connectivity index (χ0n) is 14.9. The SMILES string of the molecule is COCCNc1ccc(C[C@H]2CCCN(Cc3cccnc3)C2)nn1. The molecule has 0 aliphatic carbocycles. The first-order valence-electron chi connectivity index (χ1n) is 9.00. The van der Waals surface area contributed by atoms with E-state index >= 15 is 0 Å². The number of hydrogen-bond acceptors (Lipinski definition) is 6. The van der Waals surface area contributed by atoms with Gasteiger partial charge in [0, 0.05) is 39.1 Å². The smallest absolute Gasteiger partial charge is 0.148 e. The van der Waals surface area contributed by atoms with E-state index in [1.807, 2.05) is 24.5 Å². The van der Waals surface area contributed by atoms with Crippen molar-refractivity contribution in [2.45, 2.75) is 25.8 Å². The monoisotopic (exact) mass is 341 g/mol. The van der Waals surface area contributed by atoms with E-state index in [9.17, 15) is 0 Å². The topological polar surface area (TPSA) is 63.2 Å². The number of nitrogens with one attached hydrogen (secondary N) is 1. The number of likely N-dealkylation sites (tertiary alicyclic amines) is 1. The van der Waals surface area contributed by atoms with Crippen LogP contribution in [0, 0.1) is 5.92 Å². The van der Waals surface area contributed by atoms with Crippen LogP contribution in [0.5, 0.6) is 0 Å². The molecule has 6 heteroatoms. The molecule has 134 valence electrons. The molecule has 0 radical (unpaired) electrons. The Kier molecular flexibility index (Phi) is 6.71. The summed E-state index contributed by atoms with van der Waals surface area (Å²) in [5, 5.41) is 11.8. The van der Waals surface area contributed by atoms with E-state index in [4.69, 9.17) is 4.74 Å². The first-order valence-corrected chi connectivity index (χ1v) is 9.00. The van der Waals surface area contributed by atoms with Gasteiger partial charge in [0.05, 0.1) is 12.3 Å². The summed E-state index contributed by atoms with van der Waals surface area (Å²) in [5.74, 6) is 1.45. The van der Waals surface area contributed by atoms with Crippen molar-refractivity contribution in [3.8, 4) is 0 Å². The van der Waals surface area contributed by atoms with Crippen LogP contribution in [0.15, 0.2) is 36.7 Å². The largest absolute Gasteiger partial charge is 0.383 e. The van der Waals surface area contributed by atoms with E-state index in [1.54, 1.807) is 7.11 Å². The quantitative estimate of drug-likeness (QED) is 0.744. The predicted molar refractivity (Wildman–Crippen MR) is 98.3 cm³/mol. The van der Waals surface area contributed by atoms with Crippen LogP contribution in [0.1, 0.15) is 24.1 Å². The molecule has 0 spiro atoms. The fourth-order valence-corrected chi connectivity index (χ4v) is 3.35. The summed E-state index contributed by atoms with van der Waals surface area (Å²) in [6, 6.07) is 8.25. The molecule has 0 aromatic carbocycles. The molecule has 25 heavy (non-hydrogen) atoms. The molecule has 1 atom stereocenters. The summed E-state index contributed by atoms with van der Waals surface area (Å²) in [7, 11) is 1.69. The third kappa shape index (κ3) is 5.76. The minimum Gasteiger partial charge on any atom is -0.383 e. The highest BCUT2D eigenvalue weighted by molar-refractivity contribution is 5.32. The van der Waals surface area contributed by atoms with Crippen molar-refractivity contribution in [1.82, 2.24) is 20.1 Å². The van der Waals surface area contributed by atoms with Crippen molar-refractivity contribution in [2.75, 3.05) is 38.7 Å². The van der Waals surface area contributed by atoms with Crippen molar-refractivity contribution in [3.05, 3.63) is 47.9 Å². The molecular weight excluding hydrogens is 314 g/mol. The molecule has 1 saturated heterocycles. The van der Waals surface area contributed by atoms with E-state index in [-0.39, 0.29) is 0 Å². The van der Waals surface area contributed by atoms with Gasteiger partial charge in [0.2, 0.25) is 0 Å². The Morgan fingerprint density at radius 2 is 2.24 bits per heavy atom. The Labute approximate surface area is 149 Å². The molecule has 0 bridgehead atoms. The van der Waals surface area contributed by atoms with Gasteiger partial charge in [0.1, 0.15) is 5.82 Å². The maximum atomic E-state index is 5.02. The van der Waals surface area contributed by atoms with Gasteiger partial charge < -0.3 is 10.1 Å². The molecule has 1 aliphatic heterocycles. The van der Waals surface area contributed by atoms with E-state index < -0.39 is 0 Å². The molecule has 1 fully saturated rings. The lowest BCUT2D eigenvalue weighted by Crippen LogP contribution is -2.35. The van der Waals surface area contributed by atoms with Crippen LogP contribution in [-0.2, 0) is 17.7 Å². The second-order valence-corrected chi connectivity index (χ2v) is 6.64. The van der Waals surface area contributed by atoms with Gasteiger partial charge in [-0.3, -0.25) is 9.88 Å². The van der Waals surface area contributed by atoms with Crippen LogP contribution >= 0.6 is 0 Å². The number of hydrogen-bond donors (Lipinski definition) is 1. The summed E-state index contributed by atoms with van der Waals surface area (Å²) >= 11 is 0. The first kappa shape index (κ1) is 17.8. The Morgan fingerprint density at radius 1 is 1.28 bits per heavy atom.